The molecule has 0 radical (unpaired) electrons. The summed E-state index contributed by atoms with van der Waals surface area (Å²) in [5.74, 6) is 0.456. The van der Waals surface area contributed by atoms with Crippen molar-refractivity contribution in [2.24, 2.45) is 0 Å². The summed E-state index contributed by atoms with van der Waals surface area (Å²) in [6.07, 6.45) is 10.7. The fraction of sp³-hybridized carbons (Fsp3) is 0.200. The molecule has 5 nitrogen and oxygen atoms in total. The molecule has 0 aliphatic heterocycles. The molecule has 1 N–H and O–H groups in total. The Labute approximate surface area is 114 Å². The smallest absolute Gasteiger partial charge is 0.328 e. The third-order valence-electron chi connectivity index (χ3n) is 3.31. The van der Waals surface area contributed by atoms with Gasteiger partial charge in [0.15, 0.2) is 0 Å². The lowest BCUT2D eigenvalue weighted by atomic mass is 10.1. The minimum atomic E-state index is -0.402. The van der Waals surface area contributed by atoms with E-state index in [1.165, 1.54) is 17.0 Å². The van der Waals surface area contributed by atoms with Gasteiger partial charge in [0.05, 0.1) is 18.4 Å². The van der Waals surface area contributed by atoms with Crippen LogP contribution in [0.4, 0.5) is 0 Å². The summed E-state index contributed by atoms with van der Waals surface area (Å²) >= 11 is 0. The third kappa shape index (κ3) is 2.30. The largest absolute Gasteiger partial charge is 0.464 e. The predicted octanol–water partition coefficient (Wildman–Crippen LogP) is 2.07. The first-order valence-electron chi connectivity index (χ1n) is 6.46. The zero-order chi connectivity index (χ0) is 13.9. The zero-order valence-corrected chi connectivity index (χ0v) is 10.8. The van der Waals surface area contributed by atoms with Crippen LogP contribution in [0, 0.1) is 0 Å². The van der Waals surface area contributed by atoms with Crippen molar-refractivity contribution < 1.29 is 4.42 Å². The third-order valence-corrected chi connectivity index (χ3v) is 3.31. The summed E-state index contributed by atoms with van der Waals surface area (Å²) in [4.78, 5) is 26.9. The van der Waals surface area contributed by atoms with Crippen molar-refractivity contribution in [1.29, 1.82) is 0 Å². The summed E-state index contributed by atoms with van der Waals surface area (Å²) in [5.41, 5.74) is 0.693. The SMILES string of the molecule is O=c1[nH]cc(-c2ccco2)c(=O)n1CC1=CC=CCC1. The van der Waals surface area contributed by atoms with E-state index < -0.39 is 5.69 Å². The van der Waals surface area contributed by atoms with Gasteiger partial charge in [-0.05, 0) is 30.5 Å². The molecule has 0 saturated carbocycles. The Balaban J connectivity index is 2.04. The molecule has 2 heterocycles. The molecule has 0 saturated heterocycles. The molecule has 1 aliphatic rings. The van der Waals surface area contributed by atoms with Gasteiger partial charge in [0.2, 0.25) is 0 Å². The molecule has 5 heteroatoms. The standard InChI is InChI=1S/C15H14N2O3/c18-14-12(13-7-4-8-20-13)9-16-15(19)17(14)10-11-5-2-1-3-6-11/h1-2,4-5,7-9H,3,6,10H2,(H,16,19). The maximum Gasteiger partial charge on any atom is 0.328 e. The number of rotatable bonds is 3. The number of H-pyrrole nitrogens is 1. The second-order valence-electron chi connectivity index (χ2n) is 4.67. The highest BCUT2D eigenvalue weighted by Gasteiger charge is 2.12. The van der Waals surface area contributed by atoms with Crippen LogP contribution >= 0.6 is 0 Å². The van der Waals surface area contributed by atoms with Crippen LogP contribution in [0.2, 0.25) is 0 Å². The highest BCUT2D eigenvalue weighted by atomic mass is 16.3. The van der Waals surface area contributed by atoms with Crippen LogP contribution < -0.4 is 11.2 Å². The Kier molecular flexibility index (Phi) is 3.25. The summed E-state index contributed by atoms with van der Waals surface area (Å²) in [7, 11) is 0. The van der Waals surface area contributed by atoms with Gasteiger partial charge in [-0.25, -0.2) is 4.79 Å². The fourth-order valence-electron chi connectivity index (χ4n) is 2.25. The average molecular weight is 270 g/mol. The summed E-state index contributed by atoms with van der Waals surface area (Å²) < 4.78 is 6.44. The topological polar surface area (TPSA) is 68.0 Å². The number of furan rings is 1. The van der Waals surface area contributed by atoms with E-state index in [-0.39, 0.29) is 5.56 Å². The van der Waals surface area contributed by atoms with Crippen LogP contribution in [0.3, 0.4) is 0 Å². The van der Waals surface area contributed by atoms with E-state index in [9.17, 15) is 9.59 Å². The zero-order valence-electron chi connectivity index (χ0n) is 10.8. The van der Waals surface area contributed by atoms with E-state index in [0.29, 0.717) is 17.9 Å². The molecule has 0 unspecified atom stereocenters. The van der Waals surface area contributed by atoms with Crippen molar-refractivity contribution in [2.75, 3.05) is 0 Å². The number of nitrogens with one attached hydrogen (secondary N) is 1. The Bertz CT molecular complexity index is 776. The lowest BCUT2D eigenvalue weighted by molar-refractivity contribution is 0.577. The summed E-state index contributed by atoms with van der Waals surface area (Å²) in [6, 6.07) is 3.40. The van der Waals surface area contributed by atoms with E-state index in [4.69, 9.17) is 4.42 Å². The number of allylic oxidation sites excluding steroid dienone is 4. The van der Waals surface area contributed by atoms with Crippen LogP contribution in [0.15, 0.2) is 62.4 Å². The number of hydrogen-bond donors (Lipinski definition) is 1. The molecule has 3 rings (SSSR count). The highest BCUT2D eigenvalue weighted by molar-refractivity contribution is 5.54. The van der Waals surface area contributed by atoms with E-state index in [1.54, 1.807) is 12.1 Å². The number of aromatic nitrogens is 2. The van der Waals surface area contributed by atoms with Gasteiger partial charge in [-0.2, -0.15) is 0 Å². The molecular formula is C15H14N2O3. The molecule has 0 amide bonds. The first kappa shape index (κ1) is 12.5. The van der Waals surface area contributed by atoms with Crippen molar-refractivity contribution in [1.82, 2.24) is 9.55 Å². The van der Waals surface area contributed by atoms with Crippen molar-refractivity contribution in [3.63, 3.8) is 0 Å². The predicted molar refractivity (Wildman–Crippen MR) is 75.5 cm³/mol. The fourth-order valence-corrected chi connectivity index (χ4v) is 2.25. The minimum absolute atomic E-state index is 0.313. The van der Waals surface area contributed by atoms with Gasteiger partial charge in [-0.3, -0.25) is 9.36 Å². The highest BCUT2D eigenvalue weighted by Crippen LogP contribution is 2.15. The van der Waals surface area contributed by atoms with E-state index in [0.717, 1.165) is 18.4 Å². The molecule has 2 aromatic heterocycles. The second-order valence-corrected chi connectivity index (χ2v) is 4.67. The Morgan fingerprint density at radius 1 is 1.35 bits per heavy atom. The lowest BCUT2D eigenvalue weighted by Crippen LogP contribution is -2.36. The van der Waals surface area contributed by atoms with E-state index in [1.807, 2.05) is 12.2 Å². The van der Waals surface area contributed by atoms with Crippen LogP contribution in [-0.4, -0.2) is 9.55 Å². The van der Waals surface area contributed by atoms with Gasteiger partial charge in [0.1, 0.15) is 5.76 Å². The van der Waals surface area contributed by atoms with Crippen molar-refractivity contribution in [2.45, 2.75) is 19.4 Å². The maximum absolute atomic E-state index is 12.4. The van der Waals surface area contributed by atoms with Crippen LogP contribution in [0.25, 0.3) is 11.3 Å². The minimum Gasteiger partial charge on any atom is -0.464 e. The molecule has 0 aromatic carbocycles. The molecule has 0 spiro atoms. The summed E-state index contributed by atoms with van der Waals surface area (Å²) in [6.45, 7) is 0.313. The molecule has 20 heavy (non-hydrogen) atoms. The molecule has 0 bridgehead atoms. The molecule has 1 aliphatic carbocycles. The second kappa shape index (κ2) is 5.21. The van der Waals surface area contributed by atoms with Crippen LogP contribution in [0.5, 0.6) is 0 Å². The van der Waals surface area contributed by atoms with Gasteiger partial charge in [0, 0.05) is 6.20 Å². The van der Waals surface area contributed by atoms with Gasteiger partial charge in [-0.1, -0.05) is 18.2 Å². The van der Waals surface area contributed by atoms with Gasteiger partial charge < -0.3 is 9.40 Å². The molecule has 2 aromatic rings. The Hall–Kier alpha value is -2.56. The normalized spacial score (nSPS) is 14.3. The van der Waals surface area contributed by atoms with Crippen molar-refractivity contribution >= 4 is 0 Å². The monoisotopic (exact) mass is 270 g/mol. The molecular weight excluding hydrogens is 256 g/mol. The van der Waals surface area contributed by atoms with Crippen LogP contribution in [-0.2, 0) is 6.54 Å². The van der Waals surface area contributed by atoms with Crippen molar-refractivity contribution in [3.05, 3.63) is 69.2 Å². The number of aromatic amines is 1. The Morgan fingerprint density at radius 3 is 2.95 bits per heavy atom. The number of hydrogen-bond acceptors (Lipinski definition) is 3. The van der Waals surface area contributed by atoms with Crippen molar-refractivity contribution in [3.8, 4) is 11.3 Å². The average Bonchev–Trinajstić information content (AvgIpc) is 2.98. The summed E-state index contributed by atoms with van der Waals surface area (Å²) in [5, 5.41) is 0. The first-order chi connectivity index (χ1) is 9.75. The first-order valence-corrected chi connectivity index (χ1v) is 6.46. The number of nitrogens with zero attached hydrogens (tertiary/aromatic N) is 1. The van der Waals surface area contributed by atoms with E-state index in [2.05, 4.69) is 11.1 Å². The van der Waals surface area contributed by atoms with Gasteiger partial charge in [0.25, 0.3) is 5.56 Å². The lowest BCUT2D eigenvalue weighted by Gasteiger charge is -2.11. The quantitative estimate of drug-likeness (QED) is 0.928. The van der Waals surface area contributed by atoms with E-state index >= 15 is 0 Å². The van der Waals surface area contributed by atoms with Crippen LogP contribution in [0.1, 0.15) is 12.8 Å². The van der Waals surface area contributed by atoms with Gasteiger partial charge in [-0.15, -0.1) is 0 Å². The molecule has 0 atom stereocenters. The Morgan fingerprint density at radius 2 is 2.25 bits per heavy atom. The maximum atomic E-state index is 12.4. The molecule has 102 valence electrons. The molecule has 0 fully saturated rings. The van der Waals surface area contributed by atoms with Gasteiger partial charge >= 0.3 is 5.69 Å².